The molecule has 3 rings (SSSR count). The lowest BCUT2D eigenvalue weighted by molar-refractivity contribution is 0.0472. The monoisotopic (exact) mass is 357 g/mol. The SMILES string of the molecule is O=C(OCc1ccccc1Br)c1ccc(-n2cncn2)cc1. The molecule has 5 nitrogen and oxygen atoms in total. The molecule has 0 unspecified atom stereocenters. The third kappa shape index (κ3) is 3.23. The van der Waals surface area contributed by atoms with Crippen molar-refractivity contribution in [3.8, 4) is 5.69 Å². The highest BCUT2D eigenvalue weighted by atomic mass is 79.9. The number of carbonyl (C=O) groups is 1. The summed E-state index contributed by atoms with van der Waals surface area (Å²) in [4.78, 5) is 15.9. The molecule has 1 aromatic heterocycles. The van der Waals surface area contributed by atoms with Gasteiger partial charge in [-0.2, -0.15) is 5.10 Å². The molecule has 22 heavy (non-hydrogen) atoms. The average molecular weight is 358 g/mol. The van der Waals surface area contributed by atoms with E-state index in [-0.39, 0.29) is 12.6 Å². The maximum atomic E-state index is 12.1. The Labute approximate surface area is 135 Å². The number of hydrogen-bond donors (Lipinski definition) is 0. The van der Waals surface area contributed by atoms with Crippen molar-refractivity contribution in [3.63, 3.8) is 0 Å². The van der Waals surface area contributed by atoms with Crippen LogP contribution in [0.1, 0.15) is 15.9 Å². The molecule has 0 aliphatic rings. The zero-order valence-electron chi connectivity index (χ0n) is 11.5. The summed E-state index contributed by atoms with van der Waals surface area (Å²) in [5.74, 6) is -0.360. The third-order valence-corrected chi connectivity index (χ3v) is 3.88. The highest BCUT2D eigenvalue weighted by molar-refractivity contribution is 9.10. The molecular weight excluding hydrogens is 346 g/mol. The standard InChI is InChI=1S/C16H12BrN3O2/c17-15-4-2-1-3-13(15)9-22-16(21)12-5-7-14(8-6-12)20-11-18-10-19-20/h1-8,10-11H,9H2. The van der Waals surface area contributed by atoms with Crippen LogP contribution in [0.2, 0.25) is 0 Å². The second kappa shape index (κ2) is 6.53. The van der Waals surface area contributed by atoms with Gasteiger partial charge in [0.25, 0.3) is 0 Å². The van der Waals surface area contributed by atoms with Gasteiger partial charge in [0.1, 0.15) is 19.3 Å². The van der Waals surface area contributed by atoms with Gasteiger partial charge in [0, 0.05) is 10.0 Å². The van der Waals surface area contributed by atoms with Crippen LogP contribution in [0.5, 0.6) is 0 Å². The van der Waals surface area contributed by atoms with E-state index in [0.717, 1.165) is 15.7 Å². The number of ether oxygens (including phenoxy) is 1. The summed E-state index contributed by atoms with van der Waals surface area (Å²) in [6.07, 6.45) is 3.06. The van der Waals surface area contributed by atoms with Crippen LogP contribution in [-0.4, -0.2) is 20.7 Å². The van der Waals surface area contributed by atoms with Gasteiger partial charge in [-0.25, -0.2) is 14.5 Å². The van der Waals surface area contributed by atoms with E-state index in [9.17, 15) is 4.79 Å². The molecule has 3 aromatic rings. The lowest BCUT2D eigenvalue weighted by atomic mass is 10.2. The van der Waals surface area contributed by atoms with Crippen molar-refractivity contribution in [2.45, 2.75) is 6.61 Å². The quantitative estimate of drug-likeness (QED) is 0.671. The fraction of sp³-hybridized carbons (Fsp3) is 0.0625. The van der Waals surface area contributed by atoms with Gasteiger partial charge in [0.15, 0.2) is 0 Å². The van der Waals surface area contributed by atoms with Gasteiger partial charge >= 0.3 is 5.97 Å². The number of esters is 1. The molecule has 110 valence electrons. The van der Waals surface area contributed by atoms with Gasteiger partial charge in [0.05, 0.1) is 11.3 Å². The van der Waals surface area contributed by atoms with Crippen molar-refractivity contribution < 1.29 is 9.53 Å². The van der Waals surface area contributed by atoms with E-state index in [1.807, 2.05) is 24.3 Å². The molecular formula is C16H12BrN3O2. The fourth-order valence-corrected chi connectivity index (χ4v) is 2.33. The number of halogens is 1. The summed E-state index contributed by atoms with van der Waals surface area (Å²) in [7, 11) is 0. The molecule has 0 aliphatic heterocycles. The van der Waals surface area contributed by atoms with Gasteiger partial charge in [-0.05, 0) is 30.3 Å². The molecule has 0 saturated heterocycles. The number of hydrogen-bond acceptors (Lipinski definition) is 4. The van der Waals surface area contributed by atoms with E-state index in [0.29, 0.717) is 5.56 Å². The highest BCUT2D eigenvalue weighted by Gasteiger charge is 2.09. The molecule has 0 aliphatic carbocycles. The van der Waals surface area contributed by atoms with Crippen LogP contribution < -0.4 is 0 Å². The first-order valence-corrected chi connectivity index (χ1v) is 7.39. The maximum Gasteiger partial charge on any atom is 0.338 e. The van der Waals surface area contributed by atoms with E-state index in [1.165, 1.54) is 6.33 Å². The molecule has 0 amide bonds. The number of aromatic nitrogens is 3. The molecule has 0 fully saturated rings. The van der Waals surface area contributed by atoms with Gasteiger partial charge in [-0.15, -0.1) is 0 Å². The summed E-state index contributed by atoms with van der Waals surface area (Å²) in [5, 5.41) is 4.03. The Morgan fingerprint density at radius 1 is 1.14 bits per heavy atom. The van der Waals surface area contributed by atoms with Crippen molar-refractivity contribution in [1.82, 2.24) is 14.8 Å². The molecule has 0 bridgehead atoms. The molecule has 1 heterocycles. The molecule has 2 aromatic carbocycles. The van der Waals surface area contributed by atoms with Crippen LogP contribution >= 0.6 is 15.9 Å². The summed E-state index contributed by atoms with van der Waals surface area (Å²) < 4.78 is 7.86. The molecule has 0 radical (unpaired) electrons. The maximum absolute atomic E-state index is 12.1. The molecule has 0 spiro atoms. The minimum absolute atomic E-state index is 0.227. The Bertz CT molecular complexity index is 770. The van der Waals surface area contributed by atoms with Crippen molar-refractivity contribution >= 4 is 21.9 Å². The summed E-state index contributed by atoms with van der Waals surface area (Å²) in [5.41, 5.74) is 2.26. The second-order valence-electron chi connectivity index (χ2n) is 4.55. The van der Waals surface area contributed by atoms with E-state index >= 15 is 0 Å². The van der Waals surface area contributed by atoms with Gasteiger partial charge in [0.2, 0.25) is 0 Å². The molecule has 6 heteroatoms. The van der Waals surface area contributed by atoms with Crippen molar-refractivity contribution in [2.75, 3.05) is 0 Å². The average Bonchev–Trinajstić information content (AvgIpc) is 3.08. The second-order valence-corrected chi connectivity index (χ2v) is 5.41. The molecule has 0 saturated carbocycles. The number of nitrogens with zero attached hydrogens (tertiary/aromatic N) is 3. The van der Waals surface area contributed by atoms with E-state index < -0.39 is 0 Å². The van der Waals surface area contributed by atoms with Crippen molar-refractivity contribution in [1.29, 1.82) is 0 Å². The number of carbonyl (C=O) groups excluding carboxylic acids is 1. The van der Waals surface area contributed by atoms with Crippen LogP contribution in [0.3, 0.4) is 0 Å². The first-order chi connectivity index (χ1) is 10.7. The molecule has 0 N–H and O–H groups in total. The van der Waals surface area contributed by atoms with Crippen LogP contribution in [0.4, 0.5) is 0 Å². The highest BCUT2D eigenvalue weighted by Crippen LogP contribution is 2.17. The Morgan fingerprint density at radius 3 is 2.59 bits per heavy atom. The zero-order chi connectivity index (χ0) is 15.4. The van der Waals surface area contributed by atoms with E-state index in [4.69, 9.17) is 4.74 Å². The number of benzene rings is 2. The third-order valence-electron chi connectivity index (χ3n) is 3.10. The smallest absolute Gasteiger partial charge is 0.338 e. The Balaban J connectivity index is 1.67. The summed E-state index contributed by atoms with van der Waals surface area (Å²) in [6, 6.07) is 14.6. The molecule has 0 atom stereocenters. The van der Waals surface area contributed by atoms with Crippen molar-refractivity contribution in [3.05, 3.63) is 76.8 Å². The topological polar surface area (TPSA) is 57.0 Å². The predicted molar refractivity (Wildman–Crippen MR) is 84.6 cm³/mol. The van der Waals surface area contributed by atoms with Crippen molar-refractivity contribution in [2.24, 2.45) is 0 Å². The van der Waals surface area contributed by atoms with Crippen LogP contribution in [0, 0.1) is 0 Å². The fourth-order valence-electron chi connectivity index (χ4n) is 1.93. The van der Waals surface area contributed by atoms with E-state index in [1.54, 1.807) is 35.3 Å². The van der Waals surface area contributed by atoms with Gasteiger partial charge in [-0.1, -0.05) is 34.1 Å². The minimum atomic E-state index is -0.360. The van der Waals surface area contributed by atoms with Crippen LogP contribution in [0.15, 0.2) is 65.7 Å². The van der Waals surface area contributed by atoms with Crippen LogP contribution in [-0.2, 0) is 11.3 Å². The Kier molecular flexibility index (Phi) is 4.29. The summed E-state index contributed by atoms with van der Waals surface area (Å²) in [6.45, 7) is 0.227. The lowest BCUT2D eigenvalue weighted by Crippen LogP contribution is -2.06. The summed E-state index contributed by atoms with van der Waals surface area (Å²) >= 11 is 3.43. The normalized spacial score (nSPS) is 10.4. The minimum Gasteiger partial charge on any atom is -0.457 e. The first-order valence-electron chi connectivity index (χ1n) is 6.59. The van der Waals surface area contributed by atoms with E-state index in [2.05, 4.69) is 26.0 Å². The van der Waals surface area contributed by atoms with Crippen LogP contribution in [0.25, 0.3) is 5.69 Å². The number of rotatable bonds is 4. The largest absolute Gasteiger partial charge is 0.457 e. The van der Waals surface area contributed by atoms with Gasteiger partial charge in [-0.3, -0.25) is 0 Å². The van der Waals surface area contributed by atoms with Gasteiger partial charge < -0.3 is 4.74 Å². The Morgan fingerprint density at radius 2 is 1.91 bits per heavy atom. The zero-order valence-corrected chi connectivity index (χ0v) is 13.1. The predicted octanol–water partition coefficient (Wildman–Crippen LogP) is 3.39. The Hall–Kier alpha value is -2.47. The lowest BCUT2D eigenvalue weighted by Gasteiger charge is -2.07. The first kappa shape index (κ1) is 14.5.